The van der Waals surface area contributed by atoms with Crippen molar-refractivity contribution in [1.29, 1.82) is 0 Å². The monoisotopic (exact) mass is 278 g/mol. The van der Waals surface area contributed by atoms with Crippen molar-refractivity contribution in [2.75, 3.05) is 6.23 Å². The van der Waals surface area contributed by atoms with Crippen LogP contribution in [-0.2, 0) is 4.43 Å². The molecule has 96 valence electrons. The average molecular weight is 279 g/mol. The second kappa shape index (κ2) is 6.99. The molecule has 0 amide bonds. The first-order valence-corrected chi connectivity index (χ1v) is 11.6. The first kappa shape index (κ1) is 16.4. The Morgan fingerprint density at radius 3 is 1.75 bits per heavy atom. The molecule has 0 aromatic rings. The smallest absolute Gasteiger partial charge is 0.199 e. The molecule has 0 bridgehead atoms. The summed E-state index contributed by atoms with van der Waals surface area (Å²) in [4.78, 5) is 0. The first-order valence-electron chi connectivity index (χ1n) is 6.19. The van der Waals surface area contributed by atoms with E-state index in [2.05, 4.69) is 48.1 Å². The third kappa shape index (κ3) is 3.72. The molecule has 16 heavy (non-hydrogen) atoms. The van der Waals surface area contributed by atoms with Crippen molar-refractivity contribution >= 4 is 27.5 Å². The third-order valence-electron chi connectivity index (χ3n) is 3.46. The second-order valence-corrected chi connectivity index (χ2v) is 14.4. The Labute approximate surface area is 109 Å². The molecule has 4 heteroatoms. The molecule has 0 rings (SSSR count). The van der Waals surface area contributed by atoms with Gasteiger partial charge in [-0.2, -0.15) is 11.1 Å². The lowest BCUT2D eigenvalue weighted by molar-refractivity contribution is 0.334. The maximum atomic E-state index is 6.36. The molecule has 0 aliphatic carbocycles. The summed E-state index contributed by atoms with van der Waals surface area (Å²) in [6, 6.07) is 0. The summed E-state index contributed by atoms with van der Waals surface area (Å²) >= 11 is 6.20. The van der Waals surface area contributed by atoms with Crippen LogP contribution in [0.3, 0.4) is 0 Å². The van der Waals surface area contributed by atoms with Gasteiger partial charge in [0.1, 0.15) is 0 Å². The molecule has 0 spiro atoms. The van der Waals surface area contributed by atoms with Gasteiger partial charge in [-0.1, -0.05) is 47.2 Å². The standard InChI is InChI=1S/C12H27ClOSi2/c1-8-15(13)9-14-16(10(2)3,11(4)5)12(6)7/h8,10-12,15H,1,9H2,2-7H3. The highest BCUT2D eigenvalue weighted by atomic mass is 35.6. The van der Waals surface area contributed by atoms with Crippen LogP contribution in [0.15, 0.2) is 12.3 Å². The van der Waals surface area contributed by atoms with E-state index in [4.69, 9.17) is 15.5 Å². The van der Waals surface area contributed by atoms with Gasteiger partial charge >= 0.3 is 0 Å². The van der Waals surface area contributed by atoms with Crippen LogP contribution < -0.4 is 0 Å². The van der Waals surface area contributed by atoms with Gasteiger partial charge < -0.3 is 4.43 Å². The summed E-state index contributed by atoms with van der Waals surface area (Å²) < 4.78 is 6.36. The van der Waals surface area contributed by atoms with E-state index in [0.29, 0.717) is 16.6 Å². The molecule has 1 nitrogen and oxygen atoms in total. The molecule has 0 saturated heterocycles. The number of hydrogen-bond acceptors (Lipinski definition) is 1. The third-order valence-corrected chi connectivity index (χ3v) is 11.8. The van der Waals surface area contributed by atoms with Crippen LogP contribution in [0, 0.1) is 0 Å². The fourth-order valence-electron chi connectivity index (χ4n) is 2.79. The minimum atomic E-state index is -1.70. The molecule has 0 fully saturated rings. The number of halogens is 1. The van der Waals surface area contributed by atoms with Gasteiger partial charge in [0, 0.05) is 6.23 Å². The number of hydrogen-bond donors (Lipinski definition) is 0. The lowest BCUT2D eigenvalue weighted by Crippen LogP contribution is -2.49. The predicted octanol–water partition coefficient (Wildman–Crippen LogP) is 4.41. The van der Waals surface area contributed by atoms with Crippen molar-refractivity contribution in [3.05, 3.63) is 12.3 Å². The highest BCUT2D eigenvalue weighted by Crippen LogP contribution is 2.42. The molecule has 0 N–H and O–H groups in total. The van der Waals surface area contributed by atoms with E-state index in [1.807, 2.05) is 5.70 Å². The Morgan fingerprint density at radius 1 is 1.12 bits per heavy atom. The zero-order chi connectivity index (χ0) is 12.9. The fraction of sp³-hybridized carbons (Fsp3) is 0.833. The van der Waals surface area contributed by atoms with Crippen molar-refractivity contribution in [1.82, 2.24) is 0 Å². The zero-order valence-corrected chi connectivity index (χ0v) is 14.5. The Bertz CT molecular complexity index is 195. The van der Waals surface area contributed by atoms with Crippen LogP contribution in [-0.4, -0.2) is 22.7 Å². The Hall–Kier alpha value is 0.424. The Morgan fingerprint density at radius 2 is 1.50 bits per heavy atom. The summed E-state index contributed by atoms with van der Waals surface area (Å²) in [6.07, 6.45) is 0.742. The van der Waals surface area contributed by atoms with Crippen LogP contribution in [0.1, 0.15) is 41.5 Å². The van der Waals surface area contributed by atoms with Crippen molar-refractivity contribution in [2.45, 2.75) is 58.2 Å². The minimum absolute atomic E-state index is 0.634. The van der Waals surface area contributed by atoms with Gasteiger partial charge in [0.2, 0.25) is 0 Å². The molecule has 0 radical (unpaired) electrons. The van der Waals surface area contributed by atoms with E-state index in [0.717, 1.165) is 6.23 Å². The summed E-state index contributed by atoms with van der Waals surface area (Å²) in [5.74, 6) is 0. The summed E-state index contributed by atoms with van der Waals surface area (Å²) in [5.41, 5.74) is 3.79. The van der Waals surface area contributed by atoms with Crippen LogP contribution >= 0.6 is 11.1 Å². The van der Waals surface area contributed by atoms with Crippen LogP contribution in [0.5, 0.6) is 0 Å². The molecular formula is C12H27ClOSi2. The SMILES string of the molecule is C=C[SiH](Cl)CO[Si](C(C)C)(C(C)C)C(C)C. The highest BCUT2D eigenvalue weighted by Gasteiger charge is 2.45. The summed E-state index contributed by atoms with van der Waals surface area (Å²) in [6.45, 7) is 17.5. The second-order valence-electron chi connectivity index (χ2n) is 5.38. The molecule has 0 aliphatic rings. The molecule has 0 heterocycles. The van der Waals surface area contributed by atoms with E-state index < -0.39 is 16.4 Å². The molecule has 1 atom stereocenters. The van der Waals surface area contributed by atoms with E-state index in [1.165, 1.54) is 0 Å². The first-order chi connectivity index (χ1) is 7.28. The van der Waals surface area contributed by atoms with E-state index in [1.54, 1.807) is 0 Å². The van der Waals surface area contributed by atoms with Crippen LogP contribution in [0.2, 0.25) is 16.6 Å². The maximum absolute atomic E-state index is 6.36. The average Bonchev–Trinajstić information content (AvgIpc) is 2.16. The van der Waals surface area contributed by atoms with Gasteiger partial charge in [-0.25, -0.2) is 0 Å². The molecule has 0 aromatic carbocycles. The number of rotatable bonds is 7. The van der Waals surface area contributed by atoms with Gasteiger partial charge in [0.05, 0.1) is 0 Å². The lowest BCUT2D eigenvalue weighted by atomic mass is 10.5. The van der Waals surface area contributed by atoms with E-state index in [-0.39, 0.29) is 0 Å². The molecular weight excluding hydrogens is 252 g/mol. The van der Waals surface area contributed by atoms with Gasteiger partial charge in [0.25, 0.3) is 0 Å². The molecule has 1 unspecified atom stereocenters. The lowest BCUT2D eigenvalue weighted by Gasteiger charge is -2.42. The largest absolute Gasteiger partial charge is 0.418 e. The minimum Gasteiger partial charge on any atom is -0.418 e. The van der Waals surface area contributed by atoms with Gasteiger partial charge in [0.15, 0.2) is 16.4 Å². The normalized spacial score (nSPS) is 14.9. The van der Waals surface area contributed by atoms with Gasteiger partial charge in [-0.3, -0.25) is 0 Å². The predicted molar refractivity (Wildman–Crippen MR) is 80.2 cm³/mol. The van der Waals surface area contributed by atoms with Crippen LogP contribution in [0.4, 0.5) is 0 Å². The Balaban J connectivity index is 4.83. The molecule has 0 saturated carbocycles. The van der Waals surface area contributed by atoms with Gasteiger partial charge in [-0.05, 0) is 16.6 Å². The van der Waals surface area contributed by atoms with Crippen molar-refractivity contribution in [3.63, 3.8) is 0 Å². The van der Waals surface area contributed by atoms with E-state index >= 15 is 0 Å². The van der Waals surface area contributed by atoms with Crippen molar-refractivity contribution < 1.29 is 4.43 Å². The summed E-state index contributed by atoms with van der Waals surface area (Å²) in [5, 5.41) is 0. The van der Waals surface area contributed by atoms with Crippen LogP contribution in [0.25, 0.3) is 0 Å². The molecule has 0 aliphatic heterocycles. The zero-order valence-electron chi connectivity index (χ0n) is 11.6. The van der Waals surface area contributed by atoms with Crippen molar-refractivity contribution in [3.8, 4) is 0 Å². The van der Waals surface area contributed by atoms with Crippen molar-refractivity contribution in [2.24, 2.45) is 0 Å². The topological polar surface area (TPSA) is 9.23 Å². The highest BCUT2D eigenvalue weighted by molar-refractivity contribution is 7.10. The van der Waals surface area contributed by atoms with Gasteiger partial charge in [-0.15, -0.1) is 6.58 Å². The molecule has 0 aromatic heterocycles. The maximum Gasteiger partial charge on any atom is 0.199 e. The van der Waals surface area contributed by atoms with E-state index in [9.17, 15) is 0 Å². The summed E-state index contributed by atoms with van der Waals surface area (Å²) in [7, 11) is -3.06. The quantitative estimate of drug-likeness (QED) is 0.495. The fourth-order valence-corrected chi connectivity index (χ4v) is 10.3. The Kier molecular flexibility index (Phi) is 7.18.